The van der Waals surface area contributed by atoms with Crippen LogP contribution in [0.1, 0.15) is 13.8 Å². The van der Waals surface area contributed by atoms with Crippen LogP contribution in [0.3, 0.4) is 0 Å². The molecule has 0 saturated carbocycles. The highest BCUT2D eigenvalue weighted by atomic mass is 32.5. The minimum Gasteiger partial charge on any atom is -0.345 e. The third-order valence-corrected chi connectivity index (χ3v) is 3.51. The lowest BCUT2D eigenvalue weighted by Gasteiger charge is -2.18. The molecular weight excluding hydrogens is 224 g/mol. The molecule has 0 amide bonds. The Morgan fingerprint density at radius 3 is 2.23 bits per heavy atom. The average molecular weight is 236 g/mol. The molecule has 0 aliphatic rings. The minimum atomic E-state index is -4.43. The Kier molecular flexibility index (Phi) is 4.86. The predicted octanol–water partition coefficient (Wildman–Crippen LogP) is 2.52. The van der Waals surface area contributed by atoms with Crippen LogP contribution in [0.5, 0.6) is 0 Å². The van der Waals surface area contributed by atoms with E-state index in [0.717, 1.165) is 0 Å². The Morgan fingerprint density at radius 1 is 1.46 bits per heavy atom. The first-order valence-corrected chi connectivity index (χ1v) is 6.51. The number of hydrogen-bond acceptors (Lipinski definition) is 2. The van der Waals surface area contributed by atoms with Crippen molar-refractivity contribution in [2.45, 2.75) is 20.0 Å². The lowest BCUT2D eigenvalue weighted by atomic mass is 10.3. The fraction of sp³-hybridized carbons (Fsp3) is 1.00. The zero-order valence-electron chi connectivity index (χ0n) is 7.34. The molecule has 0 rings (SSSR count). The lowest BCUT2D eigenvalue weighted by molar-refractivity contribution is -0.153. The van der Waals surface area contributed by atoms with Crippen molar-refractivity contribution in [3.8, 4) is 0 Å². The topological polar surface area (TPSA) is 29.5 Å². The highest BCUT2D eigenvalue weighted by molar-refractivity contribution is 8.09. The lowest BCUT2D eigenvalue weighted by Crippen LogP contribution is -2.17. The van der Waals surface area contributed by atoms with Gasteiger partial charge >= 0.3 is 6.18 Å². The van der Waals surface area contributed by atoms with E-state index in [4.69, 9.17) is 0 Å². The SMILES string of the molecule is CC(C)CP(O)(=S)OCC(F)(F)F. The van der Waals surface area contributed by atoms with Crippen molar-refractivity contribution in [3.05, 3.63) is 0 Å². The van der Waals surface area contributed by atoms with Crippen molar-refractivity contribution >= 4 is 18.3 Å². The van der Waals surface area contributed by atoms with E-state index in [1.54, 1.807) is 13.8 Å². The first-order valence-electron chi connectivity index (χ1n) is 3.65. The molecule has 0 saturated heterocycles. The first-order chi connectivity index (χ1) is 5.62. The number of alkyl halides is 3. The highest BCUT2D eigenvalue weighted by Gasteiger charge is 2.31. The van der Waals surface area contributed by atoms with Crippen LogP contribution < -0.4 is 0 Å². The molecule has 0 aliphatic heterocycles. The highest BCUT2D eigenvalue weighted by Crippen LogP contribution is 2.45. The van der Waals surface area contributed by atoms with Crippen LogP contribution in [0.25, 0.3) is 0 Å². The van der Waals surface area contributed by atoms with E-state index in [1.165, 1.54) is 0 Å². The van der Waals surface area contributed by atoms with Gasteiger partial charge in [0.25, 0.3) is 0 Å². The van der Waals surface area contributed by atoms with Crippen LogP contribution in [0.4, 0.5) is 13.2 Å². The second-order valence-electron chi connectivity index (χ2n) is 3.10. The van der Waals surface area contributed by atoms with E-state index in [0.29, 0.717) is 0 Å². The summed E-state index contributed by atoms with van der Waals surface area (Å²) in [6.07, 6.45) is -4.32. The van der Waals surface area contributed by atoms with E-state index in [9.17, 15) is 18.1 Å². The molecule has 0 aliphatic carbocycles. The molecule has 7 heteroatoms. The summed E-state index contributed by atoms with van der Waals surface area (Å²) in [6, 6.07) is 0. The van der Waals surface area contributed by atoms with Crippen LogP contribution in [-0.2, 0) is 16.3 Å². The van der Waals surface area contributed by atoms with Crippen molar-refractivity contribution in [2.24, 2.45) is 5.92 Å². The predicted molar refractivity (Wildman–Crippen MR) is 48.2 cm³/mol. The summed E-state index contributed by atoms with van der Waals surface area (Å²) in [4.78, 5) is 9.25. The van der Waals surface area contributed by atoms with E-state index in [-0.39, 0.29) is 12.1 Å². The van der Waals surface area contributed by atoms with E-state index in [2.05, 4.69) is 16.3 Å². The van der Waals surface area contributed by atoms with Crippen molar-refractivity contribution in [1.82, 2.24) is 0 Å². The van der Waals surface area contributed by atoms with Crippen LogP contribution in [0.15, 0.2) is 0 Å². The van der Waals surface area contributed by atoms with Gasteiger partial charge in [0.1, 0.15) is 6.61 Å². The van der Waals surface area contributed by atoms with Gasteiger partial charge in [0.05, 0.1) is 0 Å². The fourth-order valence-corrected chi connectivity index (χ4v) is 3.12. The van der Waals surface area contributed by atoms with Crippen molar-refractivity contribution in [1.29, 1.82) is 0 Å². The van der Waals surface area contributed by atoms with E-state index < -0.39 is 19.3 Å². The van der Waals surface area contributed by atoms with Gasteiger partial charge in [-0.1, -0.05) is 13.8 Å². The van der Waals surface area contributed by atoms with Gasteiger partial charge in [0.15, 0.2) is 6.49 Å². The minimum absolute atomic E-state index is 0.0315. The second-order valence-corrected chi connectivity index (χ2v) is 6.71. The molecule has 0 aromatic carbocycles. The number of rotatable bonds is 4. The molecule has 80 valence electrons. The summed E-state index contributed by atoms with van der Waals surface area (Å²) in [5.74, 6) is 0.0315. The molecule has 2 nitrogen and oxygen atoms in total. The first kappa shape index (κ1) is 13.4. The van der Waals surface area contributed by atoms with Gasteiger partial charge in [-0.3, -0.25) is 0 Å². The van der Waals surface area contributed by atoms with Gasteiger partial charge in [-0.15, -0.1) is 0 Å². The Balaban J connectivity index is 3.97. The summed E-state index contributed by atoms with van der Waals surface area (Å²) in [6.45, 7) is -1.18. The Hall–Kier alpha value is 0.360. The number of hydrogen-bond donors (Lipinski definition) is 1. The van der Waals surface area contributed by atoms with Crippen LogP contribution >= 0.6 is 6.49 Å². The molecule has 1 N–H and O–H groups in total. The molecular formula is C6H12F3O2PS. The maximum atomic E-state index is 11.7. The average Bonchev–Trinajstić information content (AvgIpc) is 1.79. The molecule has 0 bridgehead atoms. The van der Waals surface area contributed by atoms with Gasteiger partial charge in [0.2, 0.25) is 0 Å². The third kappa shape index (κ3) is 8.68. The number of halogens is 3. The smallest absolute Gasteiger partial charge is 0.345 e. The molecule has 0 aromatic rings. The Labute approximate surface area is 80.3 Å². The quantitative estimate of drug-likeness (QED) is 0.760. The Bertz CT molecular complexity index is 205. The summed E-state index contributed by atoms with van der Waals surface area (Å²) in [5, 5.41) is 0. The van der Waals surface area contributed by atoms with E-state index >= 15 is 0 Å². The second kappa shape index (κ2) is 4.73. The molecule has 0 spiro atoms. The van der Waals surface area contributed by atoms with Gasteiger partial charge in [-0.25, -0.2) is 0 Å². The van der Waals surface area contributed by atoms with Crippen LogP contribution in [0.2, 0.25) is 0 Å². The third-order valence-electron chi connectivity index (χ3n) is 1.03. The molecule has 1 atom stereocenters. The monoisotopic (exact) mass is 236 g/mol. The van der Waals surface area contributed by atoms with Crippen LogP contribution in [-0.4, -0.2) is 23.8 Å². The molecule has 0 aromatic heterocycles. The molecule has 0 radical (unpaired) electrons. The summed E-state index contributed by atoms with van der Waals surface area (Å²) in [7, 11) is 0. The van der Waals surface area contributed by atoms with Crippen molar-refractivity contribution < 1.29 is 22.6 Å². The summed E-state index contributed by atoms with van der Waals surface area (Å²) >= 11 is 4.53. The van der Waals surface area contributed by atoms with E-state index in [1.807, 2.05) is 0 Å². The largest absolute Gasteiger partial charge is 0.412 e. The maximum absolute atomic E-state index is 11.7. The van der Waals surface area contributed by atoms with Gasteiger partial charge in [0, 0.05) is 6.16 Å². The Morgan fingerprint density at radius 2 is 1.92 bits per heavy atom. The fourth-order valence-electron chi connectivity index (χ4n) is 0.688. The summed E-state index contributed by atoms with van der Waals surface area (Å²) in [5.41, 5.74) is 0. The zero-order chi connectivity index (χ0) is 10.7. The molecule has 0 heterocycles. The zero-order valence-corrected chi connectivity index (χ0v) is 9.05. The molecule has 13 heavy (non-hydrogen) atoms. The van der Waals surface area contributed by atoms with Gasteiger partial charge in [-0.05, 0) is 17.7 Å². The van der Waals surface area contributed by atoms with Gasteiger partial charge in [-0.2, -0.15) is 13.2 Å². The molecule has 1 unspecified atom stereocenters. The van der Waals surface area contributed by atoms with Crippen LogP contribution in [0, 0.1) is 5.92 Å². The summed E-state index contributed by atoms with van der Waals surface area (Å²) < 4.78 is 39.2. The van der Waals surface area contributed by atoms with Crippen molar-refractivity contribution in [2.75, 3.05) is 12.8 Å². The normalized spacial score (nSPS) is 17.5. The molecule has 0 fully saturated rings. The maximum Gasteiger partial charge on any atom is 0.412 e. The standard InChI is InChI=1S/C6H12F3O2PS/c1-5(2)3-12(10,13)11-4-6(7,8)9/h5H,3-4H2,1-2H3,(H,10,13). The van der Waals surface area contributed by atoms with Gasteiger partial charge < -0.3 is 9.42 Å². The van der Waals surface area contributed by atoms with Crippen molar-refractivity contribution in [3.63, 3.8) is 0 Å².